The number of hydrogen-bond donors (Lipinski definition) is 0. The fraction of sp³-hybridized carbons (Fsp3) is 0.417. The maximum absolute atomic E-state index is 8.59. The molecule has 0 spiro atoms. The van der Waals surface area contributed by atoms with Gasteiger partial charge in [-0.2, -0.15) is 5.26 Å². The van der Waals surface area contributed by atoms with Gasteiger partial charge in [0, 0.05) is 11.8 Å². The summed E-state index contributed by atoms with van der Waals surface area (Å²) in [5.74, 6) is 1.35. The molecule has 0 amide bonds. The van der Waals surface area contributed by atoms with Crippen LogP contribution in [-0.2, 0) is 5.88 Å². The lowest BCUT2D eigenvalue weighted by atomic mass is 10.1. The highest BCUT2D eigenvalue weighted by molar-refractivity contribution is 6.17. The van der Waals surface area contributed by atoms with Crippen molar-refractivity contribution < 1.29 is 4.74 Å². The summed E-state index contributed by atoms with van der Waals surface area (Å²) in [6.07, 6.45) is 0.752. The molecule has 80 valence electrons. The molecule has 1 aromatic carbocycles. The predicted octanol–water partition coefficient (Wildman–Crippen LogP) is 3.35. The Balaban J connectivity index is 2.41. The van der Waals surface area contributed by atoms with Gasteiger partial charge >= 0.3 is 0 Å². The van der Waals surface area contributed by atoms with Crippen LogP contribution in [0.1, 0.15) is 18.9 Å². The molecule has 1 atom stereocenters. The van der Waals surface area contributed by atoms with Crippen LogP contribution in [0.4, 0.5) is 0 Å². The summed E-state index contributed by atoms with van der Waals surface area (Å²) in [5.41, 5.74) is 1.04. The largest absolute Gasteiger partial charge is 0.494 e. The molecule has 1 rings (SSSR count). The van der Waals surface area contributed by atoms with Gasteiger partial charge in [-0.15, -0.1) is 11.6 Å². The maximum atomic E-state index is 8.59. The second kappa shape index (κ2) is 6.31. The zero-order valence-electron chi connectivity index (χ0n) is 8.74. The second-order valence-electron chi connectivity index (χ2n) is 3.45. The Morgan fingerprint density at radius 2 is 2.33 bits per heavy atom. The summed E-state index contributed by atoms with van der Waals surface area (Å²) in [6.45, 7) is 2.46. The van der Waals surface area contributed by atoms with Gasteiger partial charge in [-0.1, -0.05) is 12.1 Å². The predicted molar refractivity (Wildman–Crippen MR) is 60.9 cm³/mol. The Morgan fingerprint density at radius 3 is 3.00 bits per heavy atom. The van der Waals surface area contributed by atoms with Crippen molar-refractivity contribution in [3.8, 4) is 11.8 Å². The SMILES string of the molecule is CC(C#N)CCOc1cccc(CCl)c1. The fourth-order valence-electron chi connectivity index (χ4n) is 1.14. The number of alkyl halides is 1. The van der Waals surface area contributed by atoms with Crippen molar-refractivity contribution in [1.29, 1.82) is 5.26 Å². The molecule has 1 aromatic rings. The van der Waals surface area contributed by atoms with Gasteiger partial charge in [0.25, 0.3) is 0 Å². The molecule has 0 N–H and O–H groups in total. The highest BCUT2D eigenvalue weighted by Crippen LogP contribution is 2.15. The molecular formula is C12H14ClNO. The monoisotopic (exact) mass is 223 g/mol. The number of rotatable bonds is 5. The van der Waals surface area contributed by atoms with Crippen molar-refractivity contribution in [1.82, 2.24) is 0 Å². The van der Waals surface area contributed by atoms with E-state index in [1.165, 1.54) is 0 Å². The topological polar surface area (TPSA) is 33.0 Å². The zero-order chi connectivity index (χ0) is 11.1. The summed E-state index contributed by atoms with van der Waals surface area (Å²) >= 11 is 5.71. The molecule has 0 saturated heterocycles. The average Bonchev–Trinajstić information content (AvgIpc) is 2.29. The van der Waals surface area contributed by atoms with E-state index in [2.05, 4.69) is 6.07 Å². The summed E-state index contributed by atoms with van der Waals surface area (Å²) in [5, 5.41) is 8.59. The molecule has 1 unspecified atom stereocenters. The Hall–Kier alpha value is -1.20. The van der Waals surface area contributed by atoms with Gasteiger partial charge in [-0.25, -0.2) is 0 Å². The molecule has 0 aliphatic heterocycles. The Bertz CT molecular complexity index is 346. The minimum Gasteiger partial charge on any atom is -0.494 e. The zero-order valence-corrected chi connectivity index (χ0v) is 9.50. The Morgan fingerprint density at radius 1 is 1.53 bits per heavy atom. The van der Waals surface area contributed by atoms with E-state index in [1.54, 1.807) is 0 Å². The lowest BCUT2D eigenvalue weighted by molar-refractivity contribution is 0.297. The van der Waals surface area contributed by atoms with Crippen molar-refractivity contribution in [2.75, 3.05) is 6.61 Å². The first-order chi connectivity index (χ1) is 7.26. The van der Waals surface area contributed by atoms with Gasteiger partial charge in [0.2, 0.25) is 0 Å². The van der Waals surface area contributed by atoms with E-state index < -0.39 is 0 Å². The van der Waals surface area contributed by atoms with Gasteiger partial charge in [0.15, 0.2) is 0 Å². The van der Waals surface area contributed by atoms with E-state index in [0.717, 1.165) is 17.7 Å². The second-order valence-corrected chi connectivity index (χ2v) is 3.72. The normalized spacial score (nSPS) is 11.8. The molecule has 0 aliphatic carbocycles. The molecule has 0 saturated carbocycles. The Kier molecular flexibility index (Phi) is 5.00. The first kappa shape index (κ1) is 11.9. The number of hydrogen-bond acceptors (Lipinski definition) is 2. The van der Waals surface area contributed by atoms with E-state index in [0.29, 0.717) is 12.5 Å². The maximum Gasteiger partial charge on any atom is 0.119 e. The molecular weight excluding hydrogens is 210 g/mol. The van der Waals surface area contributed by atoms with Crippen molar-refractivity contribution in [3.63, 3.8) is 0 Å². The van der Waals surface area contributed by atoms with Gasteiger partial charge in [-0.3, -0.25) is 0 Å². The smallest absolute Gasteiger partial charge is 0.119 e. The van der Waals surface area contributed by atoms with Crippen molar-refractivity contribution in [2.45, 2.75) is 19.2 Å². The highest BCUT2D eigenvalue weighted by atomic mass is 35.5. The van der Waals surface area contributed by atoms with Crippen LogP contribution >= 0.6 is 11.6 Å². The summed E-state index contributed by atoms with van der Waals surface area (Å²) in [4.78, 5) is 0. The van der Waals surface area contributed by atoms with Crippen LogP contribution in [0.5, 0.6) is 5.75 Å². The van der Waals surface area contributed by atoms with Crippen LogP contribution in [0.2, 0.25) is 0 Å². The first-order valence-corrected chi connectivity index (χ1v) is 5.47. The quantitative estimate of drug-likeness (QED) is 0.718. The van der Waals surface area contributed by atoms with Gasteiger partial charge < -0.3 is 4.74 Å². The van der Waals surface area contributed by atoms with Crippen LogP contribution < -0.4 is 4.74 Å². The number of nitriles is 1. The molecule has 15 heavy (non-hydrogen) atoms. The standard InChI is InChI=1S/C12H14ClNO/c1-10(9-14)5-6-15-12-4-2-3-11(7-12)8-13/h2-4,7,10H,5-6,8H2,1H3. The van der Waals surface area contributed by atoms with Gasteiger partial charge in [0.1, 0.15) is 5.75 Å². The Labute approximate surface area is 95.4 Å². The summed E-state index contributed by atoms with van der Waals surface area (Å²) in [7, 11) is 0. The third kappa shape index (κ3) is 4.22. The number of halogens is 1. The van der Waals surface area contributed by atoms with Crippen molar-refractivity contribution in [3.05, 3.63) is 29.8 Å². The molecule has 0 fully saturated rings. The third-order valence-corrected chi connectivity index (χ3v) is 2.40. The number of nitrogens with zero attached hydrogens (tertiary/aromatic N) is 1. The first-order valence-electron chi connectivity index (χ1n) is 4.93. The van der Waals surface area contributed by atoms with E-state index in [9.17, 15) is 0 Å². The third-order valence-electron chi connectivity index (χ3n) is 2.09. The molecule has 0 aliphatic rings. The van der Waals surface area contributed by atoms with E-state index >= 15 is 0 Å². The van der Waals surface area contributed by atoms with Crippen molar-refractivity contribution >= 4 is 11.6 Å². The van der Waals surface area contributed by atoms with E-state index in [-0.39, 0.29) is 5.92 Å². The van der Waals surface area contributed by atoms with Gasteiger partial charge in [-0.05, 0) is 31.0 Å². The molecule has 0 aromatic heterocycles. The minimum absolute atomic E-state index is 0.0428. The van der Waals surface area contributed by atoms with Crippen LogP contribution in [-0.4, -0.2) is 6.61 Å². The van der Waals surface area contributed by atoms with Crippen LogP contribution in [0.25, 0.3) is 0 Å². The fourth-order valence-corrected chi connectivity index (χ4v) is 1.30. The summed E-state index contributed by atoms with van der Waals surface area (Å²) in [6, 6.07) is 9.86. The minimum atomic E-state index is 0.0428. The lowest BCUT2D eigenvalue weighted by Crippen LogP contribution is -2.02. The van der Waals surface area contributed by atoms with Crippen molar-refractivity contribution in [2.24, 2.45) is 5.92 Å². The van der Waals surface area contributed by atoms with Crippen LogP contribution in [0.15, 0.2) is 24.3 Å². The van der Waals surface area contributed by atoms with Crippen LogP contribution in [0, 0.1) is 17.2 Å². The average molecular weight is 224 g/mol. The lowest BCUT2D eigenvalue weighted by Gasteiger charge is -2.07. The van der Waals surface area contributed by atoms with E-state index in [1.807, 2.05) is 31.2 Å². The molecule has 3 heteroatoms. The molecule has 0 bridgehead atoms. The van der Waals surface area contributed by atoms with Gasteiger partial charge in [0.05, 0.1) is 12.7 Å². The number of benzene rings is 1. The van der Waals surface area contributed by atoms with Crippen LogP contribution in [0.3, 0.4) is 0 Å². The number of ether oxygens (including phenoxy) is 1. The molecule has 2 nitrogen and oxygen atoms in total. The molecule has 0 radical (unpaired) electrons. The van der Waals surface area contributed by atoms with E-state index in [4.69, 9.17) is 21.6 Å². The molecule has 0 heterocycles. The summed E-state index contributed by atoms with van der Waals surface area (Å²) < 4.78 is 5.51. The highest BCUT2D eigenvalue weighted by Gasteiger charge is 2.00.